The van der Waals surface area contributed by atoms with E-state index < -0.39 is 11.6 Å². The van der Waals surface area contributed by atoms with Gasteiger partial charge in [-0.15, -0.1) is 23.4 Å². The molecule has 0 bridgehead atoms. The quantitative estimate of drug-likeness (QED) is 0.315. The fourth-order valence-corrected chi connectivity index (χ4v) is 4.42. The second kappa shape index (κ2) is 9.88. The molecule has 1 N–H and O–H groups in total. The summed E-state index contributed by atoms with van der Waals surface area (Å²) in [6.07, 6.45) is -3.36. The second-order valence-electron chi connectivity index (χ2n) is 7.51. The lowest BCUT2D eigenvalue weighted by molar-refractivity contribution is -0.274. The number of aryl methyl sites for hydroxylation is 1. The van der Waals surface area contributed by atoms with Gasteiger partial charge in [-0.3, -0.25) is 4.79 Å². The minimum Gasteiger partial charge on any atom is -0.406 e. The molecule has 0 spiro atoms. The third-order valence-corrected chi connectivity index (χ3v) is 6.28. The van der Waals surface area contributed by atoms with E-state index in [2.05, 4.69) is 31.7 Å². The molecular formula is C23H22F3N5O2S. The number of aromatic nitrogens is 4. The number of para-hydroxylation sites is 1. The van der Waals surface area contributed by atoms with Crippen molar-refractivity contribution in [1.29, 1.82) is 0 Å². The molecule has 0 aliphatic heterocycles. The number of rotatable bonds is 8. The van der Waals surface area contributed by atoms with Gasteiger partial charge < -0.3 is 14.6 Å². The van der Waals surface area contributed by atoms with E-state index in [1.54, 1.807) is 0 Å². The fraction of sp³-hybridized carbons (Fsp3) is 0.304. The maximum atomic E-state index is 12.8. The Bertz CT molecular complexity index is 1310. The predicted molar refractivity (Wildman–Crippen MR) is 125 cm³/mol. The lowest BCUT2D eigenvalue weighted by atomic mass is 10.2. The van der Waals surface area contributed by atoms with Crippen LogP contribution in [0.3, 0.4) is 0 Å². The van der Waals surface area contributed by atoms with E-state index in [9.17, 15) is 18.0 Å². The van der Waals surface area contributed by atoms with Crippen molar-refractivity contribution in [3.8, 4) is 5.75 Å². The Morgan fingerprint density at radius 1 is 1.12 bits per heavy atom. The fourth-order valence-electron chi connectivity index (χ4n) is 3.60. The van der Waals surface area contributed by atoms with Gasteiger partial charge in [0.25, 0.3) is 0 Å². The van der Waals surface area contributed by atoms with Crippen LogP contribution in [-0.2, 0) is 11.3 Å². The van der Waals surface area contributed by atoms with Gasteiger partial charge in [0.2, 0.25) is 11.1 Å². The van der Waals surface area contributed by atoms with Crippen LogP contribution in [0.4, 0.5) is 18.9 Å². The number of fused-ring (bicyclic) bond motifs is 3. The van der Waals surface area contributed by atoms with Gasteiger partial charge in [-0.1, -0.05) is 43.8 Å². The van der Waals surface area contributed by atoms with Crippen LogP contribution in [0, 0.1) is 0 Å². The zero-order valence-electron chi connectivity index (χ0n) is 18.5. The van der Waals surface area contributed by atoms with Gasteiger partial charge in [0.15, 0.2) is 5.65 Å². The van der Waals surface area contributed by atoms with Crippen molar-refractivity contribution in [2.45, 2.75) is 50.0 Å². The summed E-state index contributed by atoms with van der Waals surface area (Å²) in [5.41, 5.74) is 2.82. The van der Waals surface area contributed by atoms with Crippen LogP contribution in [0.15, 0.2) is 53.7 Å². The Morgan fingerprint density at radius 2 is 1.85 bits per heavy atom. The van der Waals surface area contributed by atoms with Crippen LogP contribution in [0.1, 0.15) is 26.7 Å². The van der Waals surface area contributed by atoms with Crippen molar-refractivity contribution in [2.24, 2.45) is 0 Å². The van der Waals surface area contributed by atoms with Gasteiger partial charge in [-0.05, 0) is 43.2 Å². The van der Waals surface area contributed by atoms with Crippen LogP contribution < -0.4 is 10.1 Å². The molecule has 1 atom stereocenters. The number of nitrogens with zero attached hydrogens (tertiary/aromatic N) is 4. The molecule has 0 aliphatic rings. The Kier molecular flexibility index (Phi) is 6.92. The largest absolute Gasteiger partial charge is 0.573 e. The number of thioether (sulfide) groups is 1. The van der Waals surface area contributed by atoms with Gasteiger partial charge in [0, 0.05) is 17.6 Å². The first-order chi connectivity index (χ1) is 16.3. The molecule has 2 aromatic carbocycles. The molecule has 11 heteroatoms. The summed E-state index contributed by atoms with van der Waals surface area (Å²) in [5, 5.41) is 12.2. The van der Waals surface area contributed by atoms with E-state index in [0.717, 1.165) is 41.6 Å². The van der Waals surface area contributed by atoms with Crippen molar-refractivity contribution >= 4 is 45.4 Å². The molecule has 2 heterocycles. The lowest BCUT2D eigenvalue weighted by Crippen LogP contribution is -2.25. The van der Waals surface area contributed by atoms with E-state index in [1.165, 1.54) is 23.9 Å². The van der Waals surface area contributed by atoms with Crippen LogP contribution in [-0.4, -0.2) is 37.3 Å². The number of amides is 1. The van der Waals surface area contributed by atoms with Gasteiger partial charge in [0.1, 0.15) is 11.3 Å². The minimum atomic E-state index is -4.77. The Labute approximate surface area is 197 Å². The van der Waals surface area contributed by atoms with Gasteiger partial charge in [-0.25, -0.2) is 4.98 Å². The Morgan fingerprint density at radius 3 is 2.53 bits per heavy atom. The topological polar surface area (TPSA) is 81.9 Å². The summed E-state index contributed by atoms with van der Waals surface area (Å²) >= 11 is 1.20. The molecule has 0 radical (unpaired) electrons. The maximum absolute atomic E-state index is 12.8. The first kappa shape index (κ1) is 23.8. The van der Waals surface area contributed by atoms with Gasteiger partial charge >= 0.3 is 6.36 Å². The summed E-state index contributed by atoms with van der Waals surface area (Å²) in [5.74, 6) is -0.669. The normalized spacial score (nSPS) is 12.7. The highest BCUT2D eigenvalue weighted by Crippen LogP contribution is 2.30. The zero-order valence-corrected chi connectivity index (χ0v) is 19.3. The molecule has 7 nitrogen and oxygen atoms in total. The van der Waals surface area contributed by atoms with Crippen molar-refractivity contribution in [2.75, 3.05) is 5.32 Å². The molecule has 4 rings (SSSR count). The number of carbonyl (C=O) groups excluding carboxylic acids is 1. The predicted octanol–water partition coefficient (Wildman–Crippen LogP) is 5.80. The number of hydrogen-bond donors (Lipinski definition) is 1. The van der Waals surface area contributed by atoms with E-state index >= 15 is 0 Å². The standard InChI is InChI=1S/C23H22F3N5O2S/c1-3-13-31-17-8-6-5-7-16(17)19-20(31)28-22(30-29-19)34-18(4-2)21(32)27-14-9-11-15(12-10-14)33-23(24,25)26/h5-12,18H,3-4,13H2,1-2H3,(H,27,32)/t18-/m1/s1. The molecule has 34 heavy (non-hydrogen) atoms. The van der Waals surface area contributed by atoms with Crippen molar-refractivity contribution in [1.82, 2.24) is 19.7 Å². The molecular weight excluding hydrogens is 467 g/mol. The number of ether oxygens (including phenoxy) is 1. The van der Waals surface area contributed by atoms with Gasteiger partial charge in [-0.2, -0.15) is 0 Å². The summed E-state index contributed by atoms with van der Waals surface area (Å²) in [6, 6.07) is 12.9. The smallest absolute Gasteiger partial charge is 0.406 e. The zero-order chi connectivity index (χ0) is 24.3. The van der Waals surface area contributed by atoms with Crippen LogP contribution in [0.5, 0.6) is 5.75 Å². The Balaban J connectivity index is 1.52. The highest BCUT2D eigenvalue weighted by Gasteiger charge is 2.31. The summed E-state index contributed by atoms with van der Waals surface area (Å²) in [6.45, 7) is 4.72. The summed E-state index contributed by atoms with van der Waals surface area (Å²) in [7, 11) is 0. The number of anilines is 1. The minimum absolute atomic E-state index is 0.310. The summed E-state index contributed by atoms with van der Waals surface area (Å²) < 4.78 is 42.9. The van der Waals surface area contributed by atoms with Crippen LogP contribution in [0.25, 0.3) is 22.1 Å². The van der Waals surface area contributed by atoms with Crippen molar-refractivity contribution < 1.29 is 22.7 Å². The van der Waals surface area contributed by atoms with Crippen LogP contribution >= 0.6 is 11.8 Å². The van der Waals surface area contributed by atoms with Crippen LogP contribution in [0.2, 0.25) is 0 Å². The number of alkyl halides is 3. The average Bonchev–Trinajstić information content (AvgIpc) is 3.11. The molecule has 0 aliphatic carbocycles. The molecule has 4 aromatic rings. The third kappa shape index (κ3) is 5.24. The van der Waals surface area contributed by atoms with E-state index in [1.807, 2.05) is 31.2 Å². The highest BCUT2D eigenvalue weighted by molar-refractivity contribution is 8.00. The van der Waals surface area contributed by atoms with Crippen molar-refractivity contribution in [3.63, 3.8) is 0 Å². The SMILES string of the molecule is CCCn1c2ccccc2c2nnc(S[C@H](CC)C(=O)Nc3ccc(OC(F)(F)F)cc3)nc21. The average molecular weight is 490 g/mol. The molecule has 0 unspecified atom stereocenters. The molecule has 178 valence electrons. The van der Waals surface area contributed by atoms with E-state index in [-0.39, 0.29) is 11.7 Å². The molecule has 1 amide bonds. The first-order valence-corrected chi connectivity index (χ1v) is 11.6. The number of halogens is 3. The molecule has 2 aromatic heterocycles. The monoisotopic (exact) mass is 489 g/mol. The lowest BCUT2D eigenvalue weighted by Gasteiger charge is -2.14. The number of nitrogens with one attached hydrogen (secondary N) is 1. The number of carbonyl (C=O) groups is 1. The van der Waals surface area contributed by atoms with E-state index in [4.69, 9.17) is 4.98 Å². The molecule has 0 fully saturated rings. The molecule has 0 saturated carbocycles. The number of hydrogen-bond acceptors (Lipinski definition) is 6. The Hall–Kier alpha value is -3.34. The second-order valence-corrected chi connectivity index (χ2v) is 8.68. The number of benzene rings is 2. The maximum Gasteiger partial charge on any atom is 0.573 e. The third-order valence-electron chi connectivity index (χ3n) is 5.07. The van der Waals surface area contributed by atoms with Crippen molar-refractivity contribution in [3.05, 3.63) is 48.5 Å². The molecule has 0 saturated heterocycles. The van der Waals surface area contributed by atoms with E-state index in [0.29, 0.717) is 22.8 Å². The highest BCUT2D eigenvalue weighted by atomic mass is 32.2. The summed E-state index contributed by atoms with van der Waals surface area (Å²) in [4.78, 5) is 17.5. The van der Waals surface area contributed by atoms with Gasteiger partial charge in [0.05, 0.1) is 10.8 Å². The first-order valence-electron chi connectivity index (χ1n) is 10.7.